The summed E-state index contributed by atoms with van der Waals surface area (Å²) >= 11 is 0. The molecule has 0 aromatic carbocycles. The van der Waals surface area contributed by atoms with Crippen LogP contribution < -0.4 is 0 Å². The molecule has 1 aromatic heterocycles. The van der Waals surface area contributed by atoms with Gasteiger partial charge in [-0.3, -0.25) is 14.8 Å². The number of ether oxygens (including phenoxy) is 1. The number of carbonyl (C=O) groups is 1. The van der Waals surface area contributed by atoms with Crippen LogP contribution in [0.15, 0.2) is 18.5 Å². The van der Waals surface area contributed by atoms with Gasteiger partial charge in [0.25, 0.3) is 0 Å². The van der Waals surface area contributed by atoms with Crippen LogP contribution in [0.25, 0.3) is 5.57 Å². The number of rotatable bonds is 3. The number of allylic oxidation sites excluding steroid dienone is 2. The summed E-state index contributed by atoms with van der Waals surface area (Å²) in [5.74, 6) is -0.0744. The number of carbonyl (C=O) groups excluding carboxylic acids is 1. The molecule has 1 aromatic rings. The number of aromatic nitrogens is 2. The third-order valence-corrected chi connectivity index (χ3v) is 3.11. The Morgan fingerprint density at radius 3 is 2.94 bits per heavy atom. The van der Waals surface area contributed by atoms with E-state index in [1.165, 1.54) is 5.57 Å². The molecular weight excluding hydrogens is 228 g/mol. The first-order valence-corrected chi connectivity index (χ1v) is 6.35. The summed E-state index contributed by atoms with van der Waals surface area (Å²) in [6.45, 7) is 4.22. The molecule has 0 saturated carbocycles. The maximum atomic E-state index is 11.6. The van der Waals surface area contributed by atoms with E-state index in [1.54, 1.807) is 12.4 Å². The molecule has 1 aliphatic rings. The predicted molar refractivity (Wildman–Crippen MR) is 68.7 cm³/mol. The average molecular weight is 246 g/mol. The molecule has 96 valence electrons. The van der Waals surface area contributed by atoms with E-state index < -0.39 is 0 Å². The fraction of sp³-hybridized carbons (Fsp3) is 0.500. The van der Waals surface area contributed by atoms with Crippen molar-refractivity contribution in [2.75, 3.05) is 6.61 Å². The van der Waals surface area contributed by atoms with Gasteiger partial charge >= 0.3 is 5.97 Å². The van der Waals surface area contributed by atoms with Crippen LogP contribution >= 0.6 is 0 Å². The van der Waals surface area contributed by atoms with Crippen molar-refractivity contribution in [3.8, 4) is 0 Å². The molecule has 1 unspecified atom stereocenters. The molecule has 0 spiro atoms. The number of hydrogen-bond acceptors (Lipinski definition) is 4. The highest BCUT2D eigenvalue weighted by atomic mass is 16.5. The van der Waals surface area contributed by atoms with Crippen LogP contribution in [0.3, 0.4) is 0 Å². The smallest absolute Gasteiger partial charge is 0.309 e. The first-order chi connectivity index (χ1) is 8.70. The van der Waals surface area contributed by atoms with Gasteiger partial charge in [0.15, 0.2) is 0 Å². The van der Waals surface area contributed by atoms with Gasteiger partial charge in [-0.25, -0.2) is 0 Å². The third-order valence-electron chi connectivity index (χ3n) is 3.11. The van der Waals surface area contributed by atoms with Crippen LogP contribution in [0.1, 0.15) is 37.6 Å². The summed E-state index contributed by atoms with van der Waals surface area (Å²) in [5.41, 5.74) is 3.03. The molecule has 1 aliphatic carbocycles. The molecule has 0 fully saturated rings. The molecule has 1 atom stereocenters. The highest BCUT2D eigenvalue weighted by Crippen LogP contribution is 2.29. The standard InChI is InChI=1S/C14H18N2O2/c1-3-18-14(17)12-6-4-11(5-7-12)13-9-15-8-10(2)16-13/h4,8-9,12H,3,5-7H2,1-2H3. The molecule has 0 saturated heterocycles. The summed E-state index contributed by atoms with van der Waals surface area (Å²) in [7, 11) is 0. The van der Waals surface area contributed by atoms with E-state index in [1.807, 2.05) is 13.8 Å². The zero-order valence-corrected chi connectivity index (χ0v) is 10.8. The Hall–Kier alpha value is -1.71. The molecule has 0 bridgehead atoms. The molecule has 4 heteroatoms. The lowest BCUT2D eigenvalue weighted by Gasteiger charge is -2.20. The van der Waals surface area contributed by atoms with E-state index in [0.29, 0.717) is 6.61 Å². The minimum Gasteiger partial charge on any atom is -0.466 e. The van der Waals surface area contributed by atoms with Gasteiger partial charge in [-0.05, 0) is 38.7 Å². The van der Waals surface area contributed by atoms with Gasteiger partial charge in [-0.2, -0.15) is 0 Å². The lowest BCUT2D eigenvalue weighted by molar-refractivity contribution is -0.148. The van der Waals surface area contributed by atoms with Crippen LogP contribution in [0.4, 0.5) is 0 Å². The average Bonchev–Trinajstić information content (AvgIpc) is 2.39. The summed E-state index contributed by atoms with van der Waals surface area (Å²) in [6, 6.07) is 0. The Kier molecular flexibility index (Phi) is 4.07. The molecule has 0 aliphatic heterocycles. The van der Waals surface area contributed by atoms with Crippen molar-refractivity contribution < 1.29 is 9.53 Å². The molecule has 1 heterocycles. The van der Waals surface area contributed by atoms with Gasteiger partial charge < -0.3 is 4.74 Å². The van der Waals surface area contributed by atoms with Crippen LogP contribution in [-0.4, -0.2) is 22.5 Å². The Labute approximate surface area is 107 Å². The topological polar surface area (TPSA) is 52.1 Å². The van der Waals surface area contributed by atoms with E-state index in [9.17, 15) is 4.79 Å². The van der Waals surface area contributed by atoms with Crippen molar-refractivity contribution in [1.82, 2.24) is 9.97 Å². The second-order valence-electron chi connectivity index (χ2n) is 4.50. The Bertz CT molecular complexity index is 469. The van der Waals surface area contributed by atoms with Crippen molar-refractivity contribution in [2.24, 2.45) is 5.92 Å². The van der Waals surface area contributed by atoms with Gasteiger partial charge in [-0.15, -0.1) is 0 Å². The summed E-state index contributed by atoms with van der Waals surface area (Å²) in [4.78, 5) is 20.2. The van der Waals surface area contributed by atoms with Crippen molar-refractivity contribution in [2.45, 2.75) is 33.1 Å². The fourth-order valence-corrected chi connectivity index (χ4v) is 2.16. The Balaban J connectivity index is 2.05. The van der Waals surface area contributed by atoms with Crippen molar-refractivity contribution in [1.29, 1.82) is 0 Å². The van der Waals surface area contributed by atoms with E-state index in [0.717, 1.165) is 30.7 Å². The van der Waals surface area contributed by atoms with Gasteiger partial charge in [0, 0.05) is 6.20 Å². The van der Waals surface area contributed by atoms with E-state index in [-0.39, 0.29) is 11.9 Å². The molecule has 0 N–H and O–H groups in total. The summed E-state index contributed by atoms with van der Waals surface area (Å²) in [6.07, 6.45) is 8.05. The SMILES string of the molecule is CCOC(=O)C1CC=C(c2cncc(C)n2)CC1. The molecule has 2 rings (SSSR count). The number of aryl methyl sites for hydroxylation is 1. The predicted octanol–water partition coefficient (Wildman–Crippen LogP) is 2.53. The quantitative estimate of drug-likeness (QED) is 0.769. The van der Waals surface area contributed by atoms with Crippen molar-refractivity contribution in [3.63, 3.8) is 0 Å². The summed E-state index contributed by atoms with van der Waals surface area (Å²) < 4.78 is 5.05. The molecule has 0 radical (unpaired) electrons. The Morgan fingerprint density at radius 2 is 2.33 bits per heavy atom. The second-order valence-corrected chi connectivity index (χ2v) is 4.50. The van der Waals surface area contributed by atoms with Gasteiger partial charge in [0.05, 0.1) is 30.1 Å². The molecule has 18 heavy (non-hydrogen) atoms. The number of esters is 1. The van der Waals surface area contributed by atoms with Crippen molar-refractivity contribution in [3.05, 3.63) is 29.9 Å². The Morgan fingerprint density at radius 1 is 1.50 bits per heavy atom. The molecular formula is C14H18N2O2. The van der Waals surface area contributed by atoms with Gasteiger partial charge in [0.1, 0.15) is 0 Å². The lowest BCUT2D eigenvalue weighted by Crippen LogP contribution is -2.19. The van der Waals surface area contributed by atoms with Crippen LogP contribution in [0, 0.1) is 12.8 Å². The van der Waals surface area contributed by atoms with E-state index >= 15 is 0 Å². The summed E-state index contributed by atoms with van der Waals surface area (Å²) in [5, 5.41) is 0. The van der Waals surface area contributed by atoms with Crippen molar-refractivity contribution >= 4 is 11.5 Å². The highest BCUT2D eigenvalue weighted by molar-refractivity contribution is 5.75. The number of nitrogens with zero attached hydrogens (tertiary/aromatic N) is 2. The van der Waals surface area contributed by atoms with Crippen LogP contribution in [0.2, 0.25) is 0 Å². The van der Waals surface area contributed by atoms with Gasteiger partial charge in [0.2, 0.25) is 0 Å². The maximum absolute atomic E-state index is 11.6. The van der Waals surface area contributed by atoms with Gasteiger partial charge in [-0.1, -0.05) is 6.08 Å². The minimum atomic E-state index is -0.0804. The zero-order chi connectivity index (χ0) is 13.0. The minimum absolute atomic E-state index is 0.00599. The first-order valence-electron chi connectivity index (χ1n) is 6.35. The van der Waals surface area contributed by atoms with Crippen LogP contribution in [-0.2, 0) is 9.53 Å². The monoisotopic (exact) mass is 246 g/mol. The van der Waals surface area contributed by atoms with Crippen LogP contribution in [0.5, 0.6) is 0 Å². The molecule has 4 nitrogen and oxygen atoms in total. The second kappa shape index (κ2) is 5.76. The molecule has 0 amide bonds. The fourth-order valence-electron chi connectivity index (χ4n) is 2.16. The maximum Gasteiger partial charge on any atom is 0.309 e. The van der Waals surface area contributed by atoms with E-state index in [4.69, 9.17) is 4.74 Å². The highest BCUT2D eigenvalue weighted by Gasteiger charge is 2.23. The first kappa shape index (κ1) is 12.7. The van der Waals surface area contributed by atoms with E-state index in [2.05, 4.69) is 16.0 Å². The third kappa shape index (κ3) is 2.94. The number of hydrogen-bond donors (Lipinski definition) is 0. The normalized spacial score (nSPS) is 19.2. The zero-order valence-electron chi connectivity index (χ0n) is 10.8. The largest absolute Gasteiger partial charge is 0.466 e. The lowest BCUT2D eigenvalue weighted by atomic mass is 9.88.